The Labute approximate surface area is 90.2 Å². The zero-order valence-electron chi connectivity index (χ0n) is 9.56. The first-order valence-electron chi connectivity index (χ1n) is 5.74. The summed E-state index contributed by atoms with van der Waals surface area (Å²) in [6.07, 6.45) is 2.74. The summed E-state index contributed by atoms with van der Waals surface area (Å²) in [4.78, 5) is 2.34. The Hall–Kier alpha value is -0.160. The number of hydrogen-bond acceptors (Lipinski definition) is 4. The van der Waals surface area contributed by atoms with Gasteiger partial charge < -0.3 is 14.6 Å². The van der Waals surface area contributed by atoms with Gasteiger partial charge in [-0.15, -0.1) is 0 Å². The molecule has 4 nitrogen and oxygen atoms in total. The summed E-state index contributed by atoms with van der Waals surface area (Å²) < 4.78 is 11.5. The van der Waals surface area contributed by atoms with Gasteiger partial charge in [-0.1, -0.05) is 0 Å². The molecule has 3 heterocycles. The predicted molar refractivity (Wildman–Crippen MR) is 54.2 cm³/mol. The lowest BCUT2D eigenvalue weighted by Crippen LogP contribution is -2.58. The summed E-state index contributed by atoms with van der Waals surface area (Å²) in [7, 11) is 2.12. The van der Waals surface area contributed by atoms with Crippen LogP contribution in [0.25, 0.3) is 0 Å². The van der Waals surface area contributed by atoms with E-state index in [-0.39, 0.29) is 6.10 Å². The topological polar surface area (TPSA) is 41.9 Å². The van der Waals surface area contributed by atoms with Gasteiger partial charge in [0.2, 0.25) is 0 Å². The highest BCUT2D eigenvalue weighted by Gasteiger charge is 2.62. The average molecular weight is 213 g/mol. The van der Waals surface area contributed by atoms with Crippen molar-refractivity contribution in [3.05, 3.63) is 0 Å². The molecule has 0 saturated carbocycles. The van der Waals surface area contributed by atoms with Gasteiger partial charge in [0, 0.05) is 18.5 Å². The van der Waals surface area contributed by atoms with Crippen LogP contribution in [-0.4, -0.2) is 46.8 Å². The zero-order chi connectivity index (χ0) is 10.8. The SMILES string of the molecule is CN1[C@@H]2CC[C@H]1C1OC(C)(C)OC1(O)C2. The molecule has 15 heavy (non-hydrogen) atoms. The fourth-order valence-electron chi connectivity index (χ4n) is 3.43. The van der Waals surface area contributed by atoms with Gasteiger partial charge in [0.15, 0.2) is 11.6 Å². The molecule has 0 aliphatic carbocycles. The Morgan fingerprint density at radius 3 is 2.80 bits per heavy atom. The Kier molecular flexibility index (Phi) is 1.83. The number of fused-ring (bicyclic) bond motifs is 4. The molecule has 4 heteroatoms. The molecule has 86 valence electrons. The first-order chi connectivity index (χ1) is 6.91. The van der Waals surface area contributed by atoms with Gasteiger partial charge in [-0.2, -0.15) is 0 Å². The molecule has 3 aliphatic heterocycles. The van der Waals surface area contributed by atoms with E-state index in [0.717, 1.165) is 12.8 Å². The molecule has 0 spiro atoms. The molecule has 0 amide bonds. The van der Waals surface area contributed by atoms with E-state index in [1.54, 1.807) is 0 Å². The molecule has 0 radical (unpaired) electrons. The summed E-state index contributed by atoms with van der Waals surface area (Å²) in [6, 6.07) is 0.768. The van der Waals surface area contributed by atoms with Gasteiger partial charge >= 0.3 is 0 Å². The van der Waals surface area contributed by atoms with E-state index in [4.69, 9.17) is 9.47 Å². The lowest BCUT2D eigenvalue weighted by Gasteiger charge is -2.42. The molecule has 4 atom stereocenters. The van der Waals surface area contributed by atoms with E-state index in [9.17, 15) is 5.11 Å². The molecule has 2 unspecified atom stereocenters. The molecular weight excluding hydrogens is 194 g/mol. The number of rotatable bonds is 0. The molecule has 3 aliphatic rings. The molecule has 3 rings (SSSR count). The first kappa shape index (κ1) is 10.0. The molecule has 0 aromatic carbocycles. The predicted octanol–water partition coefficient (Wildman–Crippen LogP) is 0.693. The second-order valence-corrected chi connectivity index (χ2v) is 5.55. The fourth-order valence-corrected chi connectivity index (χ4v) is 3.43. The number of likely N-dealkylation sites (N-methyl/N-ethyl adjacent to an activating group) is 1. The third kappa shape index (κ3) is 1.29. The highest BCUT2D eigenvalue weighted by molar-refractivity contribution is 5.07. The van der Waals surface area contributed by atoms with Gasteiger partial charge in [-0.25, -0.2) is 0 Å². The number of piperidine rings is 1. The summed E-state index contributed by atoms with van der Waals surface area (Å²) in [6.45, 7) is 3.74. The van der Waals surface area contributed by atoms with Crippen molar-refractivity contribution in [3.8, 4) is 0 Å². The van der Waals surface area contributed by atoms with Crippen LogP contribution in [0, 0.1) is 0 Å². The second-order valence-electron chi connectivity index (χ2n) is 5.55. The summed E-state index contributed by atoms with van der Waals surface area (Å²) in [5.41, 5.74) is 0. The van der Waals surface area contributed by atoms with Gasteiger partial charge in [0.1, 0.15) is 6.10 Å². The molecule has 0 aromatic heterocycles. The molecule has 2 bridgehead atoms. The lowest BCUT2D eigenvalue weighted by atomic mass is 9.94. The van der Waals surface area contributed by atoms with Crippen LogP contribution in [0.3, 0.4) is 0 Å². The minimum Gasteiger partial charge on any atom is -0.363 e. The van der Waals surface area contributed by atoms with Crippen molar-refractivity contribution in [1.29, 1.82) is 0 Å². The van der Waals surface area contributed by atoms with Crippen molar-refractivity contribution >= 4 is 0 Å². The third-order valence-corrected chi connectivity index (χ3v) is 4.05. The Balaban J connectivity index is 1.94. The van der Waals surface area contributed by atoms with E-state index in [1.807, 2.05) is 13.8 Å². The Morgan fingerprint density at radius 1 is 1.33 bits per heavy atom. The van der Waals surface area contributed by atoms with Gasteiger partial charge in [-0.05, 0) is 33.7 Å². The number of nitrogens with zero attached hydrogens (tertiary/aromatic N) is 1. The van der Waals surface area contributed by atoms with Crippen LogP contribution in [-0.2, 0) is 9.47 Å². The molecular formula is C11H19NO3. The van der Waals surface area contributed by atoms with Crippen molar-refractivity contribution < 1.29 is 14.6 Å². The molecule has 3 saturated heterocycles. The van der Waals surface area contributed by atoms with E-state index < -0.39 is 11.6 Å². The largest absolute Gasteiger partial charge is 0.363 e. The van der Waals surface area contributed by atoms with Crippen molar-refractivity contribution in [3.63, 3.8) is 0 Å². The monoisotopic (exact) mass is 213 g/mol. The van der Waals surface area contributed by atoms with Gasteiger partial charge in [-0.3, -0.25) is 4.90 Å². The van der Waals surface area contributed by atoms with Gasteiger partial charge in [0.05, 0.1) is 0 Å². The number of hydrogen-bond donors (Lipinski definition) is 1. The highest BCUT2D eigenvalue weighted by atomic mass is 16.8. The van der Waals surface area contributed by atoms with Gasteiger partial charge in [0.25, 0.3) is 0 Å². The minimum atomic E-state index is -1.05. The van der Waals surface area contributed by atoms with Crippen molar-refractivity contribution in [2.75, 3.05) is 7.05 Å². The molecule has 1 N–H and O–H groups in total. The maximum Gasteiger partial charge on any atom is 0.198 e. The highest BCUT2D eigenvalue weighted by Crippen LogP contribution is 2.48. The van der Waals surface area contributed by atoms with Crippen LogP contribution < -0.4 is 0 Å². The minimum absolute atomic E-state index is 0.184. The summed E-state index contributed by atoms with van der Waals surface area (Å²) in [5.74, 6) is -1.70. The van der Waals surface area contributed by atoms with E-state index >= 15 is 0 Å². The van der Waals surface area contributed by atoms with Crippen molar-refractivity contribution in [2.24, 2.45) is 0 Å². The van der Waals surface area contributed by atoms with Crippen molar-refractivity contribution in [1.82, 2.24) is 4.90 Å². The van der Waals surface area contributed by atoms with Crippen LogP contribution in [0.2, 0.25) is 0 Å². The third-order valence-electron chi connectivity index (χ3n) is 4.05. The maximum atomic E-state index is 10.5. The summed E-state index contributed by atoms with van der Waals surface area (Å²) >= 11 is 0. The number of ether oxygens (including phenoxy) is 2. The van der Waals surface area contributed by atoms with Crippen LogP contribution in [0.15, 0.2) is 0 Å². The summed E-state index contributed by atoms with van der Waals surface area (Å²) in [5, 5.41) is 10.5. The van der Waals surface area contributed by atoms with E-state index in [2.05, 4.69) is 11.9 Å². The normalized spacial score (nSPS) is 53.2. The van der Waals surface area contributed by atoms with E-state index in [1.165, 1.54) is 0 Å². The Bertz CT molecular complexity index is 294. The van der Waals surface area contributed by atoms with Crippen LogP contribution in [0.1, 0.15) is 33.1 Å². The van der Waals surface area contributed by atoms with Crippen LogP contribution in [0.4, 0.5) is 0 Å². The van der Waals surface area contributed by atoms with Crippen LogP contribution >= 0.6 is 0 Å². The standard InChI is InChI=1S/C11H19NO3/c1-10(2)14-9-8-5-4-7(12(8)3)6-11(9,13)15-10/h7-9,13H,4-6H2,1-3H3/t7-,8+,9?,11?/m1/s1. The van der Waals surface area contributed by atoms with Crippen LogP contribution in [0.5, 0.6) is 0 Å². The van der Waals surface area contributed by atoms with E-state index in [0.29, 0.717) is 18.5 Å². The average Bonchev–Trinajstić information content (AvgIpc) is 2.48. The zero-order valence-corrected chi connectivity index (χ0v) is 9.56. The number of aliphatic hydroxyl groups is 1. The smallest absolute Gasteiger partial charge is 0.198 e. The molecule has 0 aromatic rings. The first-order valence-corrected chi connectivity index (χ1v) is 5.74. The Morgan fingerprint density at radius 2 is 2.07 bits per heavy atom. The lowest BCUT2D eigenvalue weighted by molar-refractivity contribution is -0.246. The second kappa shape index (κ2) is 2.74. The maximum absolute atomic E-state index is 10.5. The fraction of sp³-hybridized carbons (Fsp3) is 1.00. The quantitative estimate of drug-likeness (QED) is 0.643. The molecule has 3 fully saturated rings. The van der Waals surface area contributed by atoms with Crippen molar-refractivity contribution in [2.45, 2.75) is 62.9 Å².